The number of aliphatic hydroxyl groups excluding tert-OH is 1. The predicted octanol–water partition coefficient (Wildman–Crippen LogP) is 2.35. The van der Waals surface area contributed by atoms with Crippen molar-refractivity contribution in [3.63, 3.8) is 0 Å². The van der Waals surface area contributed by atoms with Crippen molar-refractivity contribution in [2.75, 3.05) is 31.7 Å². The van der Waals surface area contributed by atoms with Crippen molar-refractivity contribution < 1.29 is 33.8 Å². The van der Waals surface area contributed by atoms with E-state index < -0.39 is 23.8 Å². The monoisotopic (exact) mass is 565 g/mol. The lowest BCUT2D eigenvalue weighted by molar-refractivity contribution is -0.126. The summed E-state index contributed by atoms with van der Waals surface area (Å²) in [4.78, 5) is 45.0. The highest BCUT2D eigenvalue weighted by Crippen LogP contribution is 2.31. The van der Waals surface area contributed by atoms with Gasteiger partial charge >= 0.3 is 5.97 Å². The molecule has 5 N–H and O–H groups in total. The van der Waals surface area contributed by atoms with Gasteiger partial charge in [0, 0.05) is 29.5 Å². The van der Waals surface area contributed by atoms with Crippen molar-refractivity contribution in [1.29, 1.82) is 0 Å². The van der Waals surface area contributed by atoms with Crippen LogP contribution in [0.15, 0.2) is 47.3 Å². The van der Waals surface area contributed by atoms with E-state index in [4.69, 9.17) is 37.5 Å². The maximum absolute atomic E-state index is 13.1. The quantitative estimate of drug-likeness (QED) is 0.182. The number of carboxylic acids is 1. The first-order valence-corrected chi connectivity index (χ1v) is 12.1. The van der Waals surface area contributed by atoms with Gasteiger partial charge in [-0.25, -0.2) is 9.78 Å². The van der Waals surface area contributed by atoms with E-state index in [1.807, 2.05) is 0 Å². The molecule has 2 amide bonds. The van der Waals surface area contributed by atoms with E-state index in [-0.39, 0.29) is 56.5 Å². The summed E-state index contributed by atoms with van der Waals surface area (Å²) in [5, 5.41) is 27.0. The van der Waals surface area contributed by atoms with Gasteiger partial charge in [-0.3, -0.25) is 19.9 Å². The van der Waals surface area contributed by atoms with Gasteiger partial charge in [-0.15, -0.1) is 0 Å². The molecule has 3 aromatic rings. The number of hydrogen-bond donors (Lipinski definition) is 5. The minimum atomic E-state index is -1.27. The summed E-state index contributed by atoms with van der Waals surface area (Å²) < 4.78 is 10.8. The molecule has 0 bridgehead atoms. The van der Waals surface area contributed by atoms with Crippen molar-refractivity contribution in [3.8, 4) is 11.3 Å². The van der Waals surface area contributed by atoms with E-state index in [9.17, 15) is 19.5 Å². The average Bonchev–Trinajstić information content (AvgIpc) is 3.36. The number of aromatic nitrogens is 2. The number of carbonyl (C=O) groups excluding carboxylic acids is 2. The minimum Gasteiger partial charge on any atom is -0.478 e. The molecule has 0 saturated heterocycles. The molecule has 1 atom stereocenters. The number of carbonyl (C=O) groups is 3. The predicted molar refractivity (Wildman–Crippen MR) is 138 cm³/mol. The number of carboxylic acid groups (broad SMARTS) is 1. The first-order valence-electron chi connectivity index (χ1n) is 11.4. The summed E-state index contributed by atoms with van der Waals surface area (Å²) in [5.41, 5.74) is 0.353. The summed E-state index contributed by atoms with van der Waals surface area (Å²) in [6.45, 7) is 0.314. The molecule has 14 heteroatoms. The Morgan fingerprint density at radius 3 is 2.71 bits per heavy atom. The molecule has 12 nitrogen and oxygen atoms in total. The van der Waals surface area contributed by atoms with Crippen LogP contribution >= 0.6 is 23.2 Å². The summed E-state index contributed by atoms with van der Waals surface area (Å²) in [5.74, 6) is -1.82. The van der Waals surface area contributed by atoms with Crippen LogP contribution in [0.4, 0.5) is 5.69 Å². The first kappa shape index (κ1) is 29.0. The molecule has 1 unspecified atom stereocenters. The second kappa shape index (κ2) is 14.4. The molecule has 0 aliphatic rings. The van der Waals surface area contributed by atoms with Gasteiger partial charge in [0.15, 0.2) is 5.76 Å². The van der Waals surface area contributed by atoms with Gasteiger partial charge in [0.05, 0.1) is 55.7 Å². The Labute approximate surface area is 227 Å². The number of anilines is 1. The lowest BCUT2D eigenvalue weighted by Crippen LogP contribution is -2.44. The van der Waals surface area contributed by atoms with Gasteiger partial charge in [0.1, 0.15) is 5.56 Å². The van der Waals surface area contributed by atoms with Gasteiger partial charge in [-0.1, -0.05) is 23.2 Å². The molecule has 202 valence electrons. The third kappa shape index (κ3) is 8.50. The van der Waals surface area contributed by atoms with E-state index >= 15 is 0 Å². The first-order chi connectivity index (χ1) is 18.3. The van der Waals surface area contributed by atoms with E-state index in [0.717, 1.165) is 6.20 Å². The van der Waals surface area contributed by atoms with Crippen LogP contribution in [0.2, 0.25) is 10.0 Å². The molecule has 0 spiro atoms. The maximum Gasteiger partial charge on any atom is 0.339 e. The van der Waals surface area contributed by atoms with Crippen LogP contribution in [0.1, 0.15) is 22.7 Å². The molecule has 2 heterocycles. The number of benzene rings is 1. The average molecular weight is 566 g/mol. The highest BCUT2D eigenvalue weighted by atomic mass is 35.5. The van der Waals surface area contributed by atoms with Crippen molar-refractivity contribution in [1.82, 2.24) is 20.6 Å². The number of nitrogens with zero attached hydrogens (tertiary/aromatic N) is 2. The van der Waals surface area contributed by atoms with Crippen LogP contribution in [-0.2, 0) is 20.9 Å². The Kier molecular flexibility index (Phi) is 11.0. The number of oxazole rings is 1. The Morgan fingerprint density at radius 1 is 1.13 bits per heavy atom. The standard InChI is InChI=1S/C24H25Cl2N5O7/c25-14-1-2-17(26)15(9-14)20-12-30-22(38-20)13-29-19(10-21(33)28-5-7-37-8-6-32)23(34)31-18-3-4-27-11-16(18)24(35)36/h1-4,9,11-12,19,29,32H,5-8,10,13H2,(H,28,33)(H,35,36)(H,27,31,34). The fourth-order valence-electron chi connectivity index (χ4n) is 3.25. The van der Waals surface area contributed by atoms with Crippen LogP contribution in [0.5, 0.6) is 0 Å². The summed E-state index contributed by atoms with van der Waals surface area (Å²) in [6, 6.07) is 5.14. The molecular formula is C24H25Cl2N5O7. The maximum atomic E-state index is 13.1. The highest BCUT2D eigenvalue weighted by Gasteiger charge is 2.24. The molecule has 0 aliphatic heterocycles. The third-order valence-electron chi connectivity index (χ3n) is 5.07. The number of aromatic carboxylic acids is 1. The van der Waals surface area contributed by atoms with Crippen LogP contribution in [0.25, 0.3) is 11.3 Å². The number of halogens is 2. The normalized spacial score (nSPS) is 11.7. The molecule has 0 saturated carbocycles. The fourth-order valence-corrected chi connectivity index (χ4v) is 3.63. The van der Waals surface area contributed by atoms with Gasteiger partial charge in [-0.05, 0) is 24.3 Å². The van der Waals surface area contributed by atoms with Crippen molar-refractivity contribution in [2.24, 2.45) is 0 Å². The molecule has 3 rings (SSSR count). The van der Waals surface area contributed by atoms with Gasteiger partial charge in [0.25, 0.3) is 0 Å². The lowest BCUT2D eigenvalue weighted by atomic mass is 10.1. The van der Waals surface area contributed by atoms with E-state index in [0.29, 0.717) is 21.4 Å². The van der Waals surface area contributed by atoms with Crippen molar-refractivity contribution in [3.05, 3.63) is 64.4 Å². The zero-order valence-corrected chi connectivity index (χ0v) is 21.5. The molecule has 2 aromatic heterocycles. The molecule has 38 heavy (non-hydrogen) atoms. The molecular weight excluding hydrogens is 541 g/mol. The Hall–Kier alpha value is -3.55. The number of pyridine rings is 1. The van der Waals surface area contributed by atoms with Crippen LogP contribution < -0.4 is 16.0 Å². The second-order valence-electron chi connectivity index (χ2n) is 7.78. The largest absolute Gasteiger partial charge is 0.478 e. The van der Waals surface area contributed by atoms with Gasteiger partial charge < -0.3 is 30.0 Å². The minimum absolute atomic E-state index is 0.0242. The third-order valence-corrected chi connectivity index (χ3v) is 5.63. The van der Waals surface area contributed by atoms with Crippen LogP contribution in [-0.4, -0.2) is 70.4 Å². The summed E-state index contributed by atoms with van der Waals surface area (Å²) in [7, 11) is 0. The number of rotatable bonds is 14. The molecule has 1 aromatic carbocycles. The number of aliphatic hydroxyl groups is 1. The number of ether oxygens (including phenoxy) is 1. The smallest absolute Gasteiger partial charge is 0.339 e. The van der Waals surface area contributed by atoms with E-state index in [1.165, 1.54) is 18.5 Å². The van der Waals surface area contributed by atoms with E-state index in [1.54, 1.807) is 18.2 Å². The number of hydrogen-bond acceptors (Lipinski definition) is 9. The SMILES string of the molecule is O=C(CC(NCc1ncc(-c2cc(Cl)ccc2Cl)o1)C(=O)Nc1ccncc1C(=O)O)NCCOCCO. The number of amides is 2. The van der Waals surface area contributed by atoms with Crippen molar-refractivity contribution >= 4 is 46.7 Å². The number of nitrogens with one attached hydrogen (secondary N) is 3. The van der Waals surface area contributed by atoms with E-state index in [2.05, 4.69) is 25.9 Å². The zero-order valence-electron chi connectivity index (χ0n) is 19.9. The fraction of sp³-hybridized carbons (Fsp3) is 0.292. The Balaban J connectivity index is 1.70. The zero-order chi connectivity index (χ0) is 27.5. The van der Waals surface area contributed by atoms with Crippen molar-refractivity contribution in [2.45, 2.75) is 19.0 Å². The van der Waals surface area contributed by atoms with Gasteiger partial charge in [-0.2, -0.15) is 0 Å². The Morgan fingerprint density at radius 2 is 1.95 bits per heavy atom. The molecule has 0 fully saturated rings. The lowest BCUT2D eigenvalue weighted by Gasteiger charge is -2.18. The molecule has 0 aliphatic carbocycles. The van der Waals surface area contributed by atoms with Gasteiger partial charge in [0.2, 0.25) is 17.7 Å². The highest BCUT2D eigenvalue weighted by molar-refractivity contribution is 6.35. The topological polar surface area (TPSA) is 176 Å². The van der Waals surface area contributed by atoms with Crippen LogP contribution in [0.3, 0.4) is 0 Å². The Bertz CT molecular complexity index is 1270. The second-order valence-corrected chi connectivity index (χ2v) is 8.63. The molecule has 0 radical (unpaired) electrons. The summed E-state index contributed by atoms with van der Waals surface area (Å²) in [6.07, 6.45) is 3.61. The summed E-state index contributed by atoms with van der Waals surface area (Å²) >= 11 is 12.3. The van der Waals surface area contributed by atoms with Crippen LogP contribution in [0, 0.1) is 0 Å².